The van der Waals surface area contributed by atoms with Crippen LogP contribution in [0.15, 0.2) is 52.4 Å². The van der Waals surface area contributed by atoms with E-state index in [1.54, 1.807) is 25.3 Å². The Morgan fingerprint density at radius 3 is 2.82 bits per heavy atom. The van der Waals surface area contributed by atoms with Crippen molar-refractivity contribution >= 4 is 35.0 Å². The van der Waals surface area contributed by atoms with Crippen molar-refractivity contribution in [2.75, 3.05) is 24.7 Å². The number of halogens is 1. The number of carbonyl (C=O) groups excluding carboxylic acids is 1. The van der Waals surface area contributed by atoms with Gasteiger partial charge in [-0.2, -0.15) is 0 Å². The van der Waals surface area contributed by atoms with Gasteiger partial charge in [0, 0.05) is 36.8 Å². The molecule has 0 saturated carbocycles. The number of nitrogens with zero attached hydrogens (tertiary/aromatic N) is 2. The fraction of sp³-hybridized carbons (Fsp3) is 0.292. The molecule has 1 aliphatic heterocycles. The molecule has 33 heavy (non-hydrogen) atoms. The second-order valence-corrected chi connectivity index (χ2v) is 9.23. The second-order valence-electron chi connectivity index (χ2n) is 7.85. The number of H-pyrrole nitrogens is 1. The standard InChI is InChI=1S/C24H25ClN4O3S/c1-15-19(25)4-3-5-20(15)26-22(30)14-33-24-27-21-10-11-29(13-18(21)23(31)28-24)12-16-6-8-17(32-2)9-7-16/h3-9H,10-14H2,1-2H3,(H,26,30)(H,27,28,31). The third kappa shape index (κ3) is 5.76. The number of fused-ring (bicyclic) bond motifs is 1. The van der Waals surface area contributed by atoms with Gasteiger partial charge in [0.2, 0.25) is 5.91 Å². The predicted molar refractivity (Wildman–Crippen MR) is 131 cm³/mol. The number of aromatic nitrogens is 2. The Labute approximate surface area is 201 Å². The van der Waals surface area contributed by atoms with E-state index >= 15 is 0 Å². The molecular formula is C24H25ClN4O3S. The Bertz CT molecular complexity index is 1210. The van der Waals surface area contributed by atoms with Crippen molar-refractivity contribution in [2.45, 2.75) is 31.6 Å². The molecule has 0 fully saturated rings. The molecule has 2 N–H and O–H groups in total. The lowest BCUT2D eigenvalue weighted by Crippen LogP contribution is -2.35. The number of carbonyl (C=O) groups is 1. The fourth-order valence-electron chi connectivity index (χ4n) is 3.71. The Hall–Kier alpha value is -2.81. The van der Waals surface area contributed by atoms with Crippen molar-refractivity contribution in [3.8, 4) is 5.75 Å². The number of amides is 1. The lowest BCUT2D eigenvalue weighted by Gasteiger charge is -2.27. The zero-order chi connectivity index (χ0) is 23.4. The van der Waals surface area contributed by atoms with Crippen molar-refractivity contribution in [3.63, 3.8) is 0 Å². The summed E-state index contributed by atoms with van der Waals surface area (Å²) in [5.41, 5.74) is 4.01. The van der Waals surface area contributed by atoms with Gasteiger partial charge in [0.15, 0.2) is 5.16 Å². The van der Waals surface area contributed by atoms with Crippen LogP contribution in [0.4, 0.5) is 5.69 Å². The number of rotatable bonds is 7. The molecule has 2 heterocycles. The zero-order valence-electron chi connectivity index (χ0n) is 18.5. The van der Waals surface area contributed by atoms with E-state index in [4.69, 9.17) is 16.3 Å². The van der Waals surface area contributed by atoms with E-state index in [0.29, 0.717) is 34.4 Å². The molecule has 0 unspecified atom stereocenters. The van der Waals surface area contributed by atoms with Gasteiger partial charge in [-0.15, -0.1) is 0 Å². The zero-order valence-corrected chi connectivity index (χ0v) is 20.1. The lowest BCUT2D eigenvalue weighted by atomic mass is 10.1. The molecule has 1 amide bonds. The summed E-state index contributed by atoms with van der Waals surface area (Å²) in [6.45, 7) is 3.96. The van der Waals surface area contributed by atoms with Crippen molar-refractivity contribution in [2.24, 2.45) is 0 Å². The smallest absolute Gasteiger partial charge is 0.256 e. The first-order valence-corrected chi connectivity index (χ1v) is 11.9. The first kappa shape index (κ1) is 23.4. The summed E-state index contributed by atoms with van der Waals surface area (Å²) in [5, 5.41) is 3.91. The molecule has 0 radical (unpaired) electrons. The third-order valence-electron chi connectivity index (χ3n) is 5.57. The molecule has 9 heteroatoms. The SMILES string of the molecule is COc1ccc(CN2CCc3nc(SCC(=O)Nc4cccc(Cl)c4C)[nH]c(=O)c3C2)cc1. The number of hydrogen-bond donors (Lipinski definition) is 2. The molecule has 172 valence electrons. The van der Waals surface area contributed by atoms with Crippen LogP contribution in [0.1, 0.15) is 22.4 Å². The molecule has 4 rings (SSSR count). The van der Waals surface area contributed by atoms with Crippen molar-refractivity contribution in [1.82, 2.24) is 14.9 Å². The van der Waals surface area contributed by atoms with Crippen LogP contribution in [0.5, 0.6) is 5.75 Å². The third-order valence-corrected chi connectivity index (χ3v) is 6.86. The summed E-state index contributed by atoms with van der Waals surface area (Å²) in [6, 6.07) is 13.3. The number of hydrogen-bond acceptors (Lipinski definition) is 6. The number of aromatic amines is 1. The number of benzene rings is 2. The Balaban J connectivity index is 1.36. The minimum Gasteiger partial charge on any atom is -0.497 e. The fourth-order valence-corrected chi connectivity index (χ4v) is 4.57. The van der Waals surface area contributed by atoms with Gasteiger partial charge in [-0.05, 0) is 42.3 Å². The predicted octanol–water partition coefficient (Wildman–Crippen LogP) is 4.03. The monoisotopic (exact) mass is 484 g/mol. The van der Waals surface area contributed by atoms with Gasteiger partial charge in [-0.3, -0.25) is 14.5 Å². The maximum atomic E-state index is 12.7. The number of nitrogens with one attached hydrogen (secondary N) is 2. The molecule has 0 saturated heterocycles. The van der Waals surface area contributed by atoms with Gasteiger partial charge in [0.05, 0.1) is 24.1 Å². The van der Waals surface area contributed by atoms with Crippen LogP contribution in [0.3, 0.4) is 0 Å². The van der Waals surface area contributed by atoms with Crippen LogP contribution in [0, 0.1) is 6.92 Å². The summed E-state index contributed by atoms with van der Waals surface area (Å²) < 4.78 is 5.21. The molecule has 0 spiro atoms. The van der Waals surface area contributed by atoms with Crippen molar-refractivity contribution in [1.29, 1.82) is 0 Å². The van der Waals surface area contributed by atoms with E-state index < -0.39 is 0 Å². The van der Waals surface area contributed by atoms with E-state index in [2.05, 4.69) is 20.2 Å². The Morgan fingerprint density at radius 2 is 2.06 bits per heavy atom. The van der Waals surface area contributed by atoms with E-state index in [-0.39, 0.29) is 17.2 Å². The van der Waals surface area contributed by atoms with E-state index in [0.717, 1.165) is 35.7 Å². The molecular weight excluding hydrogens is 460 g/mol. The highest BCUT2D eigenvalue weighted by molar-refractivity contribution is 7.99. The second kappa shape index (κ2) is 10.4. The van der Waals surface area contributed by atoms with Crippen LogP contribution in [-0.4, -0.2) is 40.2 Å². The molecule has 1 aliphatic rings. The minimum atomic E-state index is -0.184. The molecule has 0 bridgehead atoms. The Morgan fingerprint density at radius 1 is 1.27 bits per heavy atom. The number of ether oxygens (including phenoxy) is 1. The van der Waals surface area contributed by atoms with Gasteiger partial charge in [-0.1, -0.05) is 41.6 Å². The average Bonchev–Trinajstić information content (AvgIpc) is 2.81. The number of thioether (sulfide) groups is 1. The first-order chi connectivity index (χ1) is 15.9. The van der Waals surface area contributed by atoms with E-state index in [1.807, 2.05) is 31.2 Å². The number of anilines is 1. The summed E-state index contributed by atoms with van der Waals surface area (Å²) >= 11 is 7.32. The maximum absolute atomic E-state index is 12.7. The van der Waals surface area contributed by atoms with Crippen LogP contribution in [0.2, 0.25) is 5.02 Å². The first-order valence-electron chi connectivity index (χ1n) is 10.6. The summed E-state index contributed by atoms with van der Waals surface area (Å²) in [5.74, 6) is 0.776. The minimum absolute atomic E-state index is 0.136. The van der Waals surface area contributed by atoms with Crippen molar-refractivity contribution in [3.05, 3.63) is 80.2 Å². The summed E-state index contributed by atoms with van der Waals surface area (Å²) in [7, 11) is 1.65. The van der Waals surface area contributed by atoms with E-state index in [9.17, 15) is 9.59 Å². The number of methoxy groups -OCH3 is 1. The largest absolute Gasteiger partial charge is 0.497 e. The quantitative estimate of drug-likeness (QED) is 0.389. The summed E-state index contributed by atoms with van der Waals surface area (Å²) in [4.78, 5) is 34.8. The van der Waals surface area contributed by atoms with Gasteiger partial charge in [0.1, 0.15) is 5.75 Å². The molecule has 7 nitrogen and oxygen atoms in total. The van der Waals surface area contributed by atoms with Gasteiger partial charge >= 0.3 is 0 Å². The average molecular weight is 485 g/mol. The van der Waals surface area contributed by atoms with Crippen LogP contribution < -0.4 is 15.6 Å². The normalized spacial score (nSPS) is 13.4. The topological polar surface area (TPSA) is 87.3 Å². The highest BCUT2D eigenvalue weighted by Gasteiger charge is 2.21. The summed E-state index contributed by atoms with van der Waals surface area (Å²) in [6.07, 6.45) is 0.691. The highest BCUT2D eigenvalue weighted by Crippen LogP contribution is 2.24. The Kier molecular flexibility index (Phi) is 7.37. The lowest BCUT2D eigenvalue weighted by molar-refractivity contribution is -0.113. The molecule has 0 atom stereocenters. The molecule has 0 aliphatic carbocycles. The molecule has 2 aromatic carbocycles. The molecule has 1 aromatic heterocycles. The van der Waals surface area contributed by atoms with Crippen molar-refractivity contribution < 1.29 is 9.53 Å². The van der Waals surface area contributed by atoms with Gasteiger partial charge in [0.25, 0.3) is 5.56 Å². The van der Waals surface area contributed by atoms with E-state index in [1.165, 1.54) is 11.8 Å². The van der Waals surface area contributed by atoms with Crippen LogP contribution in [0.25, 0.3) is 0 Å². The van der Waals surface area contributed by atoms with Gasteiger partial charge < -0.3 is 15.0 Å². The highest BCUT2D eigenvalue weighted by atomic mass is 35.5. The van der Waals surface area contributed by atoms with Crippen LogP contribution >= 0.6 is 23.4 Å². The molecule has 3 aromatic rings. The van der Waals surface area contributed by atoms with Crippen LogP contribution in [-0.2, 0) is 24.3 Å². The van der Waals surface area contributed by atoms with Gasteiger partial charge in [-0.25, -0.2) is 4.98 Å². The maximum Gasteiger partial charge on any atom is 0.256 e.